The summed E-state index contributed by atoms with van der Waals surface area (Å²) in [4.78, 5) is 21.3. The number of furan rings is 1. The predicted molar refractivity (Wildman–Crippen MR) is 85.7 cm³/mol. The summed E-state index contributed by atoms with van der Waals surface area (Å²) >= 11 is 0. The standard InChI is InChI=1S/C17H22N4O3/c1-10-8-11(2)23-14(10)17(22)21-7-6-20(3)13(9-21)15-18-16(24-19-15)12-4-5-12/h8,12-13H,4-7,9H2,1-3H3. The average Bonchev–Trinajstić information content (AvgIpc) is 3.19. The molecule has 0 aromatic carbocycles. The number of nitrogens with zero attached hydrogens (tertiary/aromatic N) is 4. The third-order valence-electron chi connectivity index (χ3n) is 4.85. The van der Waals surface area contributed by atoms with Crippen LogP contribution < -0.4 is 0 Å². The van der Waals surface area contributed by atoms with Gasteiger partial charge in [-0.05, 0) is 39.8 Å². The molecule has 1 saturated heterocycles. The zero-order valence-corrected chi connectivity index (χ0v) is 14.3. The molecule has 7 heteroatoms. The zero-order valence-electron chi connectivity index (χ0n) is 14.3. The van der Waals surface area contributed by atoms with Crippen molar-refractivity contribution in [2.45, 2.75) is 38.6 Å². The van der Waals surface area contributed by atoms with E-state index >= 15 is 0 Å². The highest BCUT2D eigenvalue weighted by Gasteiger charge is 2.35. The fourth-order valence-electron chi connectivity index (χ4n) is 3.21. The number of aromatic nitrogens is 2. The van der Waals surface area contributed by atoms with E-state index in [1.165, 1.54) is 0 Å². The van der Waals surface area contributed by atoms with Gasteiger partial charge in [0.2, 0.25) is 5.89 Å². The number of amides is 1. The Kier molecular flexibility index (Phi) is 3.68. The van der Waals surface area contributed by atoms with Crippen LogP contribution in [-0.2, 0) is 0 Å². The van der Waals surface area contributed by atoms with E-state index in [4.69, 9.17) is 8.94 Å². The number of hydrogen-bond acceptors (Lipinski definition) is 6. The van der Waals surface area contributed by atoms with Gasteiger partial charge in [-0.15, -0.1) is 0 Å². The van der Waals surface area contributed by atoms with Crippen molar-refractivity contribution in [3.63, 3.8) is 0 Å². The summed E-state index contributed by atoms with van der Waals surface area (Å²) in [6.45, 7) is 5.73. The summed E-state index contributed by atoms with van der Waals surface area (Å²) < 4.78 is 11.0. The molecule has 2 aromatic heterocycles. The molecule has 0 bridgehead atoms. The van der Waals surface area contributed by atoms with Gasteiger partial charge in [0, 0.05) is 31.1 Å². The molecule has 2 fully saturated rings. The first-order valence-electron chi connectivity index (χ1n) is 8.43. The highest BCUT2D eigenvalue weighted by atomic mass is 16.5. The summed E-state index contributed by atoms with van der Waals surface area (Å²) in [6, 6.07) is 1.84. The number of likely N-dealkylation sites (N-methyl/N-ethyl adjacent to an activating group) is 1. The Bertz CT molecular complexity index is 762. The van der Waals surface area contributed by atoms with Crippen LogP contribution in [0.25, 0.3) is 0 Å². The van der Waals surface area contributed by atoms with Gasteiger partial charge >= 0.3 is 0 Å². The molecule has 3 heterocycles. The number of rotatable bonds is 3. The van der Waals surface area contributed by atoms with E-state index in [1.807, 2.05) is 31.9 Å². The number of hydrogen-bond donors (Lipinski definition) is 0. The van der Waals surface area contributed by atoms with E-state index in [9.17, 15) is 4.79 Å². The largest absolute Gasteiger partial charge is 0.456 e. The average molecular weight is 330 g/mol. The molecular weight excluding hydrogens is 308 g/mol. The highest BCUT2D eigenvalue weighted by Crippen LogP contribution is 2.39. The van der Waals surface area contributed by atoms with Gasteiger partial charge in [-0.2, -0.15) is 4.98 Å². The van der Waals surface area contributed by atoms with Gasteiger partial charge in [-0.3, -0.25) is 9.69 Å². The minimum atomic E-state index is -0.0652. The third kappa shape index (κ3) is 2.73. The fourth-order valence-corrected chi connectivity index (χ4v) is 3.21. The van der Waals surface area contributed by atoms with Crippen molar-refractivity contribution in [1.82, 2.24) is 19.9 Å². The Labute approximate surface area is 140 Å². The van der Waals surface area contributed by atoms with Crippen LogP contribution in [0.1, 0.15) is 58.4 Å². The van der Waals surface area contributed by atoms with Crippen molar-refractivity contribution in [2.24, 2.45) is 0 Å². The molecule has 1 saturated carbocycles. The molecule has 1 unspecified atom stereocenters. The van der Waals surface area contributed by atoms with E-state index < -0.39 is 0 Å². The van der Waals surface area contributed by atoms with Crippen molar-refractivity contribution < 1.29 is 13.7 Å². The second-order valence-corrected chi connectivity index (χ2v) is 6.88. The molecule has 1 aliphatic carbocycles. The van der Waals surface area contributed by atoms with E-state index in [0.717, 1.165) is 36.6 Å². The molecule has 7 nitrogen and oxygen atoms in total. The maximum absolute atomic E-state index is 12.8. The van der Waals surface area contributed by atoms with E-state index in [-0.39, 0.29) is 11.9 Å². The summed E-state index contributed by atoms with van der Waals surface area (Å²) in [5.41, 5.74) is 0.878. The van der Waals surface area contributed by atoms with Gasteiger partial charge in [0.25, 0.3) is 5.91 Å². The van der Waals surface area contributed by atoms with Crippen LogP contribution >= 0.6 is 0 Å². The van der Waals surface area contributed by atoms with E-state index in [0.29, 0.717) is 30.6 Å². The van der Waals surface area contributed by atoms with Crippen LogP contribution in [0.15, 0.2) is 15.0 Å². The van der Waals surface area contributed by atoms with Gasteiger partial charge in [-0.25, -0.2) is 0 Å². The van der Waals surface area contributed by atoms with E-state index in [2.05, 4.69) is 15.0 Å². The molecule has 2 aromatic rings. The van der Waals surface area contributed by atoms with Gasteiger partial charge in [-0.1, -0.05) is 5.16 Å². The summed E-state index contributed by atoms with van der Waals surface area (Å²) in [6.07, 6.45) is 2.26. The predicted octanol–water partition coefficient (Wildman–Crippen LogP) is 2.29. The van der Waals surface area contributed by atoms with Gasteiger partial charge in [0.15, 0.2) is 11.6 Å². The van der Waals surface area contributed by atoms with Crippen LogP contribution in [0, 0.1) is 13.8 Å². The minimum Gasteiger partial charge on any atom is -0.456 e. The molecule has 1 aliphatic heterocycles. The monoisotopic (exact) mass is 330 g/mol. The first kappa shape index (κ1) is 15.4. The van der Waals surface area contributed by atoms with Crippen LogP contribution in [0.2, 0.25) is 0 Å². The van der Waals surface area contributed by atoms with E-state index in [1.54, 1.807) is 0 Å². The van der Waals surface area contributed by atoms with Gasteiger partial charge < -0.3 is 13.8 Å². The maximum Gasteiger partial charge on any atom is 0.289 e. The molecule has 1 atom stereocenters. The molecule has 0 spiro atoms. The molecule has 1 amide bonds. The van der Waals surface area contributed by atoms with Crippen molar-refractivity contribution in [2.75, 3.05) is 26.7 Å². The molecule has 0 N–H and O–H groups in total. The maximum atomic E-state index is 12.8. The molecule has 4 rings (SSSR count). The summed E-state index contributed by atoms with van der Waals surface area (Å²) in [5.74, 6) is 2.97. The topological polar surface area (TPSA) is 75.6 Å². The highest BCUT2D eigenvalue weighted by molar-refractivity contribution is 5.93. The van der Waals surface area contributed by atoms with Crippen molar-refractivity contribution in [3.8, 4) is 0 Å². The number of piperazine rings is 1. The molecule has 2 aliphatic rings. The molecule has 0 radical (unpaired) electrons. The Balaban J connectivity index is 1.53. The third-order valence-corrected chi connectivity index (χ3v) is 4.85. The lowest BCUT2D eigenvalue weighted by Crippen LogP contribution is -2.49. The summed E-state index contributed by atoms with van der Waals surface area (Å²) in [5, 5.41) is 4.15. The molecular formula is C17H22N4O3. The second kappa shape index (κ2) is 5.73. The van der Waals surface area contributed by atoms with Crippen molar-refractivity contribution in [3.05, 3.63) is 34.9 Å². The van der Waals surface area contributed by atoms with Gasteiger partial charge in [0.05, 0.1) is 6.04 Å². The normalized spacial score (nSPS) is 22.1. The first-order valence-corrected chi connectivity index (χ1v) is 8.43. The Hall–Kier alpha value is -2.15. The van der Waals surface area contributed by atoms with Crippen LogP contribution in [0.4, 0.5) is 0 Å². The smallest absolute Gasteiger partial charge is 0.289 e. The minimum absolute atomic E-state index is 0.0460. The Morgan fingerprint density at radius 3 is 2.75 bits per heavy atom. The fraction of sp³-hybridized carbons (Fsp3) is 0.588. The number of aryl methyl sites for hydroxylation is 2. The molecule has 24 heavy (non-hydrogen) atoms. The SMILES string of the molecule is Cc1cc(C)c(C(=O)N2CCN(C)C(c3noc(C4CC4)n3)C2)o1. The van der Waals surface area contributed by atoms with Crippen molar-refractivity contribution >= 4 is 5.91 Å². The lowest BCUT2D eigenvalue weighted by molar-refractivity contribution is 0.0498. The van der Waals surface area contributed by atoms with Gasteiger partial charge in [0.1, 0.15) is 5.76 Å². The van der Waals surface area contributed by atoms with Crippen LogP contribution in [-0.4, -0.2) is 52.5 Å². The lowest BCUT2D eigenvalue weighted by Gasteiger charge is -2.37. The quantitative estimate of drug-likeness (QED) is 0.859. The first-order chi connectivity index (χ1) is 11.5. The number of carbonyl (C=O) groups is 1. The van der Waals surface area contributed by atoms with Crippen molar-refractivity contribution in [1.29, 1.82) is 0 Å². The summed E-state index contributed by atoms with van der Waals surface area (Å²) in [7, 11) is 2.03. The lowest BCUT2D eigenvalue weighted by atomic mass is 10.1. The van der Waals surface area contributed by atoms with Crippen LogP contribution in [0.3, 0.4) is 0 Å². The zero-order chi connectivity index (χ0) is 16.8. The second-order valence-electron chi connectivity index (χ2n) is 6.88. The molecule has 128 valence electrons. The van der Waals surface area contributed by atoms with Crippen LogP contribution in [0.5, 0.6) is 0 Å². The number of carbonyl (C=O) groups excluding carboxylic acids is 1. The Morgan fingerprint density at radius 2 is 2.08 bits per heavy atom. The Morgan fingerprint density at radius 1 is 1.29 bits per heavy atom.